The smallest absolute Gasteiger partial charge is 0.471 e. The highest BCUT2D eigenvalue weighted by Crippen LogP contribution is 2.32. The van der Waals surface area contributed by atoms with Crippen LogP contribution in [0.1, 0.15) is 34.9 Å². The molecule has 0 saturated carbocycles. The topological polar surface area (TPSA) is 74.2 Å². The van der Waals surface area contributed by atoms with Gasteiger partial charge in [0.25, 0.3) is 0 Å². The lowest BCUT2D eigenvalue weighted by molar-refractivity contribution is -0.159. The van der Waals surface area contributed by atoms with Gasteiger partial charge in [-0.3, -0.25) is 0 Å². The van der Waals surface area contributed by atoms with Crippen LogP contribution in [0, 0.1) is 13.8 Å². The van der Waals surface area contributed by atoms with E-state index in [0.717, 1.165) is 34.8 Å². The first kappa shape index (κ1) is 21.2. The van der Waals surface area contributed by atoms with Crippen LogP contribution in [-0.2, 0) is 18.3 Å². The van der Waals surface area contributed by atoms with E-state index in [9.17, 15) is 13.2 Å². The minimum atomic E-state index is -4.67. The molecule has 29 heavy (non-hydrogen) atoms. The lowest BCUT2D eigenvalue weighted by Crippen LogP contribution is -2.05. The first-order chi connectivity index (χ1) is 13.8. The summed E-state index contributed by atoms with van der Waals surface area (Å²) < 4.78 is 53.4. The summed E-state index contributed by atoms with van der Waals surface area (Å²) in [5.41, 5.74) is 2.92. The normalized spacial score (nSPS) is 11.8. The van der Waals surface area contributed by atoms with Crippen LogP contribution in [0.4, 0.5) is 13.2 Å². The van der Waals surface area contributed by atoms with E-state index in [-0.39, 0.29) is 5.82 Å². The molecule has 0 radical (unpaired) electrons. The van der Waals surface area contributed by atoms with Crippen LogP contribution >= 0.6 is 11.8 Å². The average Bonchev–Trinajstić information content (AvgIpc) is 3.30. The molecule has 3 rings (SSSR count). The van der Waals surface area contributed by atoms with Gasteiger partial charge in [0.2, 0.25) is 5.82 Å². The number of aromatic nitrogens is 3. The first-order valence-electron chi connectivity index (χ1n) is 8.86. The van der Waals surface area contributed by atoms with E-state index in [1.54, 1.807) is 23.9 Å². The molecule has 1 aromatic carbocycles. The average molecular weight is 427 g/mol. The number of halogens is 3. The molecule has 156 valence electrons. The monoisotopic (exact) mass is 427 g/mol. The number of alkyl halides is 3. The fourth-order valence-electron chi connectivity index (χ4n) is 2.87. The van der Waals surface area contributed by atoms with E-state index in [1.165, 1.54) is 0 Å². The number of nitrogens with zero attached hydrogens (tertiary/aromatic N) is 3. The largest absolute Gasteiger partial charge is 0.493 e. The van der Waals surface area contributed by atoms with Crippen molar-refractivity contribution in [2.75, 3.05) is 12.9 Å². The van der Waals surface area contributed by atoms with Gasteiger partial charge in [-0.1, -0.05) is 10.3 Å². The molecular weight excluding hydrogens is 407 g/mol. The molecule has 0 aliphatic heterocycles. The van der Waals surface area contributed by atoms with E-state index in [1.807, 2.05) is 26.2 Å². The van der Waals surface area contributed by atoms with E-state index in [4.69, 9.17) is 9.26 Å². The van der Waals surface area contributed by atoms with Crippen LogP contribution in [0.5, 0.6) is 5.75 Å². The Hall–Kier alpha value is -2.49. The summed E-state index contributed by atoms with van der Waals surface area (Å²) >= 11 is 1.68. The molecule has 10 heteroatoms. The molecule has 0 saturated heterocycles. The first-order valence-corrected chi connectivity index (χ1v) is 10.3. The van der Waals surface area contributed by atoms with Crippen molar-refractivity contribution in [3.8, 4) is 17.1 Å². The summed E-state index contributed by atoms with van der Waals surface area (Å²) in [6.45, 7) is 4.11. The Morgan fingerprint density at radius 1 is 1.07 bits per heavy atom. The second-order valence-corrected chi connectivity index (χ2v) is 7.40. The van der Waals surface area contributed by atoms with Crippen LogP contribution in [0.15, 0.2) is 27.2 Å². The summed E-state index contributed by atoms with van der Waals surface area (Å²) in [5, 5.41) is 7.42. The van der Waals surface area contributed by atoms with Crippen molar-refractivity contribution in [1.82, 2.24) is 15.3 Å². The third-order valence-corrected chi connectivity index (χ3v) is 4.69. The number of rotatable bonds is 8. The standard InChI is InChI=1S/C19H20F3N3O3S/c1-11-7-13(17-23-18(28-25-17)19(20,21)22)8-12(2)16(11)26-6-4-5-15-9-14(10-29-3)24-27-15/h7-9H,4-6,10H2,1-3H3. The lowest BCUT2D eigenvalue weighted by atomic mass is 10.1. The summed E-state index contributed by atoms with van der Waals surface area (Å²) in [5.74, 6) is 0.848. The van der Waals surface area contributed by atoms with Crippen LogP contribution < -0.4 is 4.74 Å². The highest BCUT2D eigenvalue weighted by molar-refractivity contribution is 7.97. The molecule has 3 aromatic rings. The van der Waals surface area contributed by atoms with Crippen LogP contribution in [0.2, 0.25) is 0 Å². The Balaban J connectivity index is 1.61. The van der Waals surface area contributed by atoms with Crippen molar-refractivity contribution in [2.24, 2.45) is 0 Å². The van der Waals surface area contributed by atoms with Crippen LogP contribution in [-0.4, -0.2) is 28.2 Å². The predicted octanol–water partition coefficient (Wildman–Crippen LogP) is 5.23. The summed E-state index contributed by atoms with van der Waals surface area (Å²) in [6, 6.07) is 5.30. The van der Waals surface area contributed by atoms with Gasteiger partial charge in [0, 0.05) is 23.8 Å². The Morgan fingerprint density at radius 3 is 2.41 bits per heavy atom. The number of benzene rings is 1. The molecule has 0 unspecified atom stereocenters. The Kier molecular flexibility index (Phi) is 6.51. The molecule has 0 atom stereocenters. The summed E-state index contributed by atoms with van der Waals surface area (Å²) in [7, 11) is 0. The van der Waals surface area contributed by atoms with Gasteiger partial charge < -0.3 is 13.8 Å². The minimum absolute atomic E-state index is 0.110. The molecule has 2 aromatic heterocycles. The second-order valence-electron chi connectivity index (χ2n) is 6.53. The van der Waals surface area contributed by atoms with Crippen molar-refractivity contribution in [1.29, 1.82) is 0 Å². The molecule has 0 aliphatic carbocycles. The quantitative estimate of drug-likeness (QED) is 0.456. The number of thioether (sulfide) groups is 1. The van der Waals surface area contributed by atoms with Crippen LogP contribution in [0.3, 0.4) is 0 Å². The summed E-state index contributed by atoms with van der Waals surface area (Å²) in [6.07, 6.45) is -1.21. The maximum Gasteiger partial charge on any atom is 0.471 e. The van der Waals surface area contributed by atoms with Gasteiger partial charge in [-0.2, -0.15) is 29.9 Å². The van der Waals surface area contributed by atoms with Crippen molar-refractivity contribution >= 4 is 11.8 Å². The van der Waals surface area contributed by atoms with E-state index in [0.29, 0.717) is 24.3 Å². The van der Waals surface area contributed by atoms with Gasteiger partial charge >= 0.3 is 12.1 Å². The molecule has 0 N–H and O–H groups in total. The number of ether oxygens (including phenoxy) is 1. The highest BCUT2D eigenvalue weighted by Gasteiger charge is 2.38. The van der Waals surface area contributed by atoms with Gasteiger partial charge in [-0.05, 0) is 49.8 Å². The number of hydrogen-bond donors (Lipinski definition) is 0. The summed E-state index contributed by atoms with van der Waals surface area (Å²) in [4.78, 5) is 3.43. The molecule has 0 spiro atoms. The Labute approximate surface area is 169 Å². The Morgan fingerprint density at radius 2 is 1.79 bits per heavy atom. The van der Waals surface area contributed by atoms with E-state index < -0.39 is 12.1 Å². The molecule has 0 fully saturated rings. The van der Waals surface area contributed by atoms with Crippen molar-refractivity contribution in [3.05, 3.63) is 46.7 Å². The van der Waals surface area contributed by atoms with Gasteiger partial charge in [0.1, 0.15) is 11.5 Å². The molecule has 2 heterocycles. The molecule has 6 nitrogen and oxygen atoms in total. The van der Waals surface area contributed by atoms with E-state index >= 15 is 0 Å². The zero-order valence-corrected chi connectivity index (χ0v) is 17.0. The van der Waals surface area contributed by atoms with Crippen molar-refractivity contribution in [3.63, 3.8) is 0 Å². The van der Waals surface area contributed by atoms with Gasteiger partial charge in [0.05, 0.1) is 12.3 Å². The van der Waals surface area contributed by atoms with Crippen molar-refractivity contribution in [2.45, 2.75) is 38.6 Å². The zero-order valence-electron chi connectivity index (χ0n) is 16.2. The fraction of sp³-hybridized carbons (Fsp3) is 0.421. The molecule has 0 bridgehead atoms. The SMILES string of the molecule is CSCc1cc(CCCOc2c(C)cc(-c3noc(C(F)(F)F)n3)cc2C)on1. The Bertz CT molecular complexity index is 946. The maximum atomic E-state index is 12.6. The van der Waals surface area contributed by atoms with Gasteiger partial charge in [-0.15, -0.1) is 0 Å². The van der Waals surface area contributed by atoms with Gasteiger partial charge in [-0.25, -0.2) is 0 Å². The molecule has 0 amide bonds. The highest BCUT2D eigenvalue weighted by atomic mass is 32.2. The third kappa shape index (κ3) is 5.31. The van der Waals surface area contributed by atoms with Gasteiger partial charge in [0.15, 0.2) is 0 Å². The predicted molar refractivity (Wildman–Crippen MR) is 102 cm³/mol. The fourth-order valence-corrected chi connectivity index (χ4v) is 3.30. The number of hydrogen-bond acceptors (Lipinski definition) is 7. The molecule has 0 aliphatic rings. The second kappa shape index (κ2) is 8.89. The van der Waals surface area contributed by atoms with Crippen LogP contribution in [0.25, 0.3) is 11.4 Å². The maximum absolute atomic E-state index is 12.6. The molecular formula is C19H20F3N3O3S. The zero-order chi connectivity index (χ0) is 21.0. The van der Waals surface area contributed by atoms with E-state index in [2.05, 4.69) is 19.8 Å². The third-order valence-electron chi connectivity index (χ3n) is 4.10. The van der Waals surface area contributed by atoms with Crippen molar-refractivity contribution < 1.29 is 27.0 Å². The number of aryl methyl sites for hydroxylation is 3. The minimum Gasteiger partial charge on any atom is -0.493 e. The lowest BCUT2D eigenvalue weighted by Gasteiger charge is -2.13.